The van der Waals surface area contributed by atoms with Crippen LogP contribution in [0.2, 0.25) is 0 Å². The number of morpholine rings is 1. The first-order valence-corrected chi connectivity index (χ1v) is 8.10. The lowest BCUT2D eigenvalue weighted by Crippen LogP contribution is -2.43. The number of benzene rings is 1. The van der Waals surface area contributed by atoms with Crippen LogP contribution in [-0.2, 0) is 16.1 Å². The number of nitrogens with zero attached hydrogens (tertiary/aromatic N) is 1. The van der Waals surface area contributed by atoms with Gasteiger partial charge in [-0.1, -0.05) is 13.0 Å². The van der Waals surface area contributed by atoms with Gasteiger partial charge in [-0.15, -0.1) is 0 Å². The number of hydrogen-bond donors (Lipinski definition) is 1. The van der Waals surface area contributed by atoms with Crippen LogP contribution < -0.4 is 14.8 Å². The van der Waals surface area contributed by atoms with Crippen molar-refractivity contribution in [1.29, 1.82) is 0 Å². The highest BCUT2D eigenvalue weighted by Gasteiger charge is 2.18. The smallest absolute Gasteiger partial charge is 0.260 e. The van der Waals surface area contributed by atoms with E-state index in [1.807, 2.05) is 18.2 Å². The van der Waals surface area contributed by atoms with Crippen molar-refractivity contribution in [3.63, 3.8) is 0 Å². The number of carbonyl (C=O) groups is 1. The van der Waals surface area contributed by atoms with E-state index < -0.39 is 0 Å². The van der Waals surface area contributed by atoms with Crippen molar-refractivity contribution in [2.45, 2.75) is 19.9 Å². The van der Waals surface area contributed by atoms with Crippen molar-refractivity contribution < 1.29 is 19.0 Å². The molecule has 1 aliphatic heterocycles. The largest absolute Gasteiger partial charge is 0.493 e. The van der Waals surface area contributed by atoms with Crippen LogP contribution in [0.5, 0.6) is 11.5 Å². The Kier molecular flexibility index (Phi) is 7.16. The van der Waals surface area contributed by atoms with E-state index in [-0.39, 0.29) is 12.5 Å². The Labute approximate surface area is 137 Å². The Balaban J connectivity index is 1.89. The van der Waals surface area contributed by atoms with Gasteiger partial charge in [0.05, 0.1) is 20.3 Å². The molecule has 128 valence electrons. The highest BCUT2D eigenvalue weighted by molar-refractivity contribution is 5.78. The molecule has 1 saturated heterocycles. The molecule has 0 saturated carbocycles. The van der Waals surface area contributed by atoms with E-state index in [1.165, 1.54) is 0 Å². The van der Waals surface area contributed by atoms with Gasteiger partial charge in [-0.05, 0) is 30.7 Å². The molecule has 1 amide bonds. The highest BCUT2D eigenvalue weighted by Crippen LogP contribution is 2.28. The molecule has 6 nitrogen and oxygen atoms in total. The van der Waals surface area contributed by atoms with Gasteiger partial charge >= 0.3 is 0 Å². The average Bonchev–Trinajstić information content (AvgIpc) is 2.61. The summed E-state index contributed by atoms with van der Waals surface area (Å²) in [7, 11) is 1.61. The van der Waals surface area contributed by atoms with Crippen molar-refractivity contribution in [3.8, 4) is 11.5 Å². The average molecular weight is 322 g/mol. The fraction of sp³-hybridized carbons (Fsp3) is 0.588. The fourth-order valence-electron chi connectivity index (χ4n) is 2.39. The quantitative estimate of drug-likeness (QED) is 0.734. The van der Waals surface area contributed by atoms with Crippen molar-refractivity contribution in [1.82, 2.24) is 10.2 Å². The summed E-state index contributed by atoms with van der Waals surface area (Å²) in [6.07, 6.45) is 1.10. The maximum Gasteiger partial charge on any atom is 0.260 e. The Hall–Kier alpha value is -1.79. The van der Waals surface area contributed by atoms with E-state index in [4.69, 9.17) is 14.2 Å². The molecule has 0 aliphatic carbocycles. The Bertz CT molecular complexity index is 501. The van der Waals surface area contributed by atoms with E-state index >= 15 is 0 Å². The maximum absolute atomic E-state index is 12.1. The number of amides is 1. The molecular formula is C17H26N2O4. The predicted molar refractivity (Wildman–Crippen MR) is 87.9 cm³/mol. The normalized spacial score (nSPS) is 14.6. The number of carbonyl (C=O) groups excluding carboxylic acids is 1. The van der Waals surface area contributed by atoms with Crippen LogP contribution in [0.25, 0.3) is 0 Å². The van der Waals surface area contributed by atoms with Gasteiger partial charge in [0.15, 0.2) is 18.1 Å². The monoisotopic (exact) mass is 322 g/mol. The standard InChI is InChI=1S/C17H26N2O4/c1-3-6-18-12-14-4-5-15(16(11-14)21-2)23-13-17(20)19-7-9-22-10-8-19/h4-5,11,18H,3,6-10,12-13H2,1-2H3. The summed E-state index contributed by atoms with van der Waals surface area (Å²) in [4.78, 5) is 13.9. The molecule has 1 N–H and O–H groups in total. The summed E-state index contributed by atoms with van der Waals surface area (Å²) in [6, 6.07) is 5.78. The molecule has 0 spiro atoms. The lowest BCUT2D eigenvalue weighted by molar-refractivity contribution is -0.137. The van der Waals surface area contributed by atoms with Gasteiger partial charge in [0.25, 0.3) is 5.91 Å². The number of methoxy groups -OCH3 is 1. The van der Waals surface area contributed by atoms with Gasteiger partial charge in [0.1, 0.15) is 0 Å². The van der Waals surface area contributed by atoms with Crippen molar-refractivity contribution in [2.24, 2.45) is 0 Å². The predicted octanol–water partition coefficient (Wildman–Crippen LogP) is 1.43. The minimum Gasteiger partial charge on any atom is -0.493 e. The van der Waals surface area contributed by atoms with Gasteiger partial charge in [0.2, 0.25) is 0 Å². The third-order valence-corrected chi connectivity index (χ3v) is 3.70. The second-order valence-electron chi connectivity index (χ2n) is 5.44. The van der Waals surface area contributed by atoms with Crippen molar-refractivity contribution in [2.75, 3.05) is 46.6 Å². The first-order valence-electron chi connectivity index (χ1n) is 8.10. The third kappa shape index (κ3) is 5.41. The third-order valence-electron chi connectivity index (χ3n) is 3.70. The second-order valence-corrected chi connectivity index (χ2v) is 5.44. The molecule has 1 heterocycles. The lowest BCUT2D eigenvalue weighted by atomic mass is 10.2. The summed E-state index contributed by atoms with van der Waals surface area (Å²) < 4.78 is 16.3. The highest BCUT2D eigenvalue weighted by atomic mass is 16.5. The van der Waals surface area contributed by atoms with Gasteiger partial charge in [-0.2, -0.15) is 0 Å². The van der Waals surface area contributed by atoms with Crippen LogP contribution >= 0.6 is 0 Å². The minimum absolute atomic E-state index is 0.0177. The van der Waals surface area contributed by atoms with Crippen LogP contribution in [0.1, 0.15) is 18.9 Å². The van der Waals surface area contributed by atoms with E-state index in [0.717, 1.165) is 25.1 Å². The van der Waals surface area contributed by atoms with Crippen LogP contribution in [0.15, 0.2) is 18.2 Å². The summed E-state index contributed by atoms with van der Waals surface area (Å²) in [5.41, 5.74) is 1.13. The van der Waals surface area contributed by atoms with Crippen molar-refractivity contribution in [3.05, 3.63) is 23.8 Å². The van der Waals surface area contributed by atoms with Crippen LogP contribution in [0, 0.1) is 0 Å². The Morgan fingerprint density at radius 1 is 1.30 bits per heavy atom. The lowest BCUT2D eigenvalue weighted by Gasteiger charge is -2.26. The zero-order chi connectivity index (χ0) is 16.5. The molecule has 1 aliphatic rings. The zero-order valence-corrected chi connectivity index (χ0v) is 14.0. The molecule has 2 rings (SSSR count). The van der Waals surface area contributed by atoms with Crippen molar-refractivity contribution >= 4 is 5.91 Å². The van der Waals surface area contributed by atoms with E-state index in [9.17, 15) is 4.79 Å². The molecule has 0 aromatic heterocycles. The zero-order valence-electron chi connectivity index (χ0n) is 14.0. The Morgan fingerprint density at radius 3 is 2.78 bits per heavy atom. The molecule has 0 unspecified atom stereocenters. The molecule has 1 aromatic carbocycles. The van der Waals surface area contributed by atoms with E-state index in [1.54, 1.807) is 12.0 Å². The van der Waals surface area contributed by atoms with Gasteiger partial charge in [-0.3, -0.25) is 4.79 Å². The first kappa shape index (κ1) is 17.6. The molecule has 1 aromatic rings. The molecule has 0 radical (unpaired) electrons. The molecule has 0 atom stereocenters. The second kappa shape index (κ2) is 9.37. The SMILES string of the molecule is CCCNCc1ccc(OCC(=O)N2CCOCC2)c(OC)c1. The molecular weight excluding hydrogens is 296 g/mol. The topological polar surface area (TPSA) is 60.0 Å². The molecule has 0 bridgehead atoms. The minimum atomic E-state index is -0.0240. The molecule has 6 heteroatoms. The van der Waals surface area contributed by atoms with Gasteiger partial charge in [0, 0.05) is 19.6 Å². The molecule has 1 fully saturated rings. The summed E-state index contributed by atoms with van der Waals surface area (Å²) in [5, 5.41) is 3.35. The number of rotatable bonds is 8. The fourth-order valence-corrected chi connectivity index (χ4v) is 2.39. The maximum atomic E-state index is 12.1. The number of hydrogen-bond acceptors (Lipinski definition) is 5. The number of nitrogens with one attached hydrogen (secondary N) is 1. The van der Waals surface area contributed by atoms with Gasteiger partial charge < -0.3 is 24.4 Å². The van der Waals surface area contributed by atoms with Crippen LogP contribution in [0.4, 0.5) is 0 Å². The first-order chi connectivity index (χ1) is 11.2. The van der Waals surface area contributed by atoms with Gasteiger partial charge in [-0.25, -0.2) is 0 Å². The summed E-state index contributed by atoms with van der Waals surface area (Å²) in [5.74, 6) is 1.22. The Morgan fingerprint density at radius 2 is 2.09 bits per heavy atom. The number of ether oxygens (including phenoxy) is 3. The van der Waals surface area contributed by atoms with Crippen LogP contribution in [-0.4, -0.2) is 57.4 Å². The van der Waals surface area contributed by atoms with E-state index in [0.29, 0.717) is 37.8 Å². The summed E-state index contributed by atoms with van der Waals surface area (Å²) in [6.45, 7) is 6.36. The summed E-state index contributed by atoms with van der Waals surface area (Å²) >= 11 is 0. The van der Waals surface area contributed by atoms with E-state index in [2.05, 4.69) is 12.2 Å². The van der Waals surface area contributed by atoms with Crippen LogP contribution in [0.3, 0.4) is 0 Å². The molecule has 23 heavy (non-hydrogen) atoms.